The molecule has 2 saturated heterocycles. The van der Waals surface area contributed by atoms with Crippen molar-refractivity contribution in [2.24, 2.45) is 5.41 Å². The van der Waals surface area contributed by atoms with E-state index in [-0.39, 0.29) is 31.0 Å². The summed E-state index contributed by atoms with van der Waals surface area (Å²) in [6.45, 7) is 2.40. The summed E-state index contributed by atoms with van der Waals surface area (Å²) in [5.74, 6) is -1.19. The first kappa shape index (κ1) is 15.1. The third kappa shape index (κ3) is 2.42. The van der Waals surface area contributed by atoms with Crippen LogP contribution in [0.2, 0.25) is 0 Å². The van der Waals surface area contributed by atoms with E-state index >= 15 is 0 Å². The molecule has 7 heteroatoms. The van der Waals surface area contributed by atoms with E-state index in [4.69, 9.17) is 4.74 Å². The van der Waals surface area contributed by atoms with E-state index in [1.165, 1.54) is 4.90 Å². The monoisotopic (exact) mass is 310 g/mol. The number of unbranched alkanes of at least 4 members (excludes halogenated alkanes) is 1. The van der Waals surface area contributed by atoms with Crippen molar-refractivity contribution < 1.29 is 24.2 Å². The summed E-state index contributed by atoms with van der Waals surface area (Å²) in [4.78, 5) is 37.2. The number of carboxylic acid groups (broad SMARTS) is 1. The van der Waals surface area contributed by atoms with Crippen LogP contribution in [0.1, 0.15) is 45.4 Å². The summed E-state index contributed by atoms with van der Waals surface area (Å²) in [5.41, 5.74) is -0.897. The lowest BCUT2D eigenvalue weighted by atomic mass is 9.82. The Kier molecular flexibility index (Phi) is 3.53. The fourth-order valence-electron chi connectivity index (χ4n) is 3.67. The van der Waals surface area contributed by atoms with E-state index in [1.807, 2.05) is 6.92 Å². The molecule has 0 bridgehead atoms. The Morgan fingerprint density at radius 3 is 2.73 bits per heavy atom. The highest BCUT2D eigenvalue weighted by Gasteiger charge is 2.64. The molecule has 7 nitrogen and oxygen atoms in total. The number of likely N-dealkylation sites (tertiary alicyclic amines) is 1. The fraction of sp³-hybridized carbons (Fsp3) is 0.800. The quantitative estimate of drug-likeness (QED) is 0.759. The second kappa shape index (κ2) is 5.14. The van der Waals surface area contributed by atoms with Crippen LogP contribution in [0, 0.1) is 5.41 Å². The van der Waals surface area contributed by atoms with Crippen LogP contribution in [0.3, 0.4) is 0 Å². The Labute approximate surface area is 129 Å². The van der Waals surface area contributed by atoms with Crippen LogP contribution in [0.25, 0.3) is 0 Å². The zero-order chi connectivity index (χ0) is 16.0. The van der Waals surface area contributed by atoms with Gasteiger partial charge in [-0.05, 0) is 32.1 Å². The smallest absolute Gasteiger partial charge is 0.410 e. The molecule has 1 aliphatic carbocycles. The van der Waals surface area contributed by atoms with Gasteiger partial charge in [0.05, 0.1) is 12.0 Å². The molecule has 2 N–H and O–H groups in total. The molecule has 22 heavy (non-hydrogen) atoms. The first-order chi connectivity index (χ1) is 10.4. The maximum Gasteiger partial charge on any atom is 0.410 e. The molecule has 3 fully saturated rings. The van der Waals surface area contributed by atoms with E-state index < -0.39 is 23.5 Å². The van der Waals surface area contributed by atoms with E-state index in [0.717, 1.165) is 25.7 Å². The van der Waals surface area contributed by atoms with Crippen molar-refractivity contribution in [3.63, 3.8) is 0 Å². The van der Waals surface area contributed by atoms with Gasteiger partial charge in [-0.1, -0.05) is 13.3 Å². The van der Waals surface area contributed by atoms with E-state index in [9.17, 15) is 19.5 Å². The molecule has 2 amide bonds. The van der Waals surface area contributed by atoms with Crippen LogP contribution < -0.4 is 5.32 Å². The van der Waals surface area contributed by atoms with Crippen molar-refractivity contribution in [1.29, 1.82) is 0 Å². The minimum absolute atomic E-state index is 0.111. The van der Waals surface area contributed by atoms with Crippen LogP contribution in [-0.4, -0.2) is 52.7 Å². The van der Waals surface area contributed by atoms with Gasteiger partial charge in [-0.2, -0.15) is 0 Å². The minimum atomic E-state index is -1.08. The Morgan fingerprint density at radius 1 is 1.45 bits per heavy atom. The summed E-state index contributed by atoms with van der Waals surface area (Å²) in [6.07, 6.45) is 3.71. The molecule has 0 aromatic rings. The fourth-order valence-corrected chi connectivity index (χ4v) is 3.67. The molecule has 3 rings (SSSR count). The molecule has 2 aliphatic heterocycles. The number of nitrogens with one attached hydrogen (secondary N) is 1. The van der Waals surface area contributed by atoms with Gasteiger partial charge in [0.25, 0.3) is 0 Å². The molecule has 1 saturated carbocycles. The Bertz CT molecular complexity index is 516. The van der Waals surface area contributed by atoms with Crippen molar-refractivity contribution >= 4 is 18.0 Å². The van der Waals surface area contributed by atoms with Crippen LogP contribution in [0.5, 0.6) is 0 Å². The van der Waals surface area contributed by atoms with Gasteiger partial charge in [0.2, 0.25) is 5.91 Å². The molecule has 2 heterocycles. The van der Waals surface area contributed by atoms with Gasteiger partial charge in [-0.3, -0.25) is 9.69 Å². The summed E-state index contributed by atoms with van der Waals surface area (Å²) in [5, 5.41) is 12.4. The lowest BCUT2D eigenvalue weighted by Crippen LogP contribution is -2.41. The number of hydrogen-bond acceptors (Lipinski definition) is 4. The lowest BCUT2D eigenvalue weighted by molar-refractivity contribution is -0.141. The normalized spacial score (nSPS) is 31.6. The Hall–Kier alpha value is -1.79. The average Bonchev–Trinajstić information content (AvgIpc) is 2.98. The van der Waals surface area contributed by atoms with Crippen molar-refractivity contribution in [2.75, 3.05) is 13.2 Å². The largest absolute Gasteiger partial charge is 0.480 e. The van der Waals surface area contributed by atoms with Crippen molar-refractivity contribution in [3.05, 3.63) is 0 Å². The van der Waals surface area contributed by atoms with Crippen molar-refractivity contribution in [3.8, 4) is 0 Å². The average molecular weight is 310 g/mol. The number of carboxylic acids is 1. The minimum Gasteiger partial charge on any atom is -0.480 e. The number of carbonyl (C=O) groups excluding carboxylic acids is 2. The van der Waals surface area contributed by atoms with Crippen LogP contribution >= 0.6 is 0 Å². The zero-order valence-electron chi connectivity index (χ0n) is 12.8. The van der Waals surface area contributed by atoms with E-state index in [0.29, 0.717) is 6.42 Å². The first-order valence-corrected chi connectivity index (χ1v) is 7.90. The highest BCUT2D eigenvalue weighted by Crippen LogP contribution is 2.54. The number of amides is 2. The SMILES string of the molecule is CCCCOC(=O)N1C[C@@]2(C[C@H]1C(=O)O)CC1(CC1)NC2=O. The van der Waals surface area contributed by atoms with Gasteiger partial charge in [0.1, 0.15) is 6.04 Å². The van der Waals surface area contributed by atoms with Crippen molar-refractivity contribution in [2.45, 2.75) is 57.0 Å². The summed E-state index contributed by atoms with van der Waals surface area (Å²) < 4.78 is 5.14. The number of rotatable bonds is 4. The number of aliphatic carboxylic acids is 1. The molecular formula is C15H22N2O5. The predicted molar refractivity (Wildman–Crippen MR) is 76.2 cm³/mol. The molecule has 3 aliphatic rings. The standard InChI is InChI=1S/C15H22N2O5/c1-2-3-6-22-13(21)17-9-14(7-10(17)11(18)19)8-15(4-5-15)16-12(14)20/h10H,2-9H2,1H3,(H,16,20)(H,18,19)/t10-,14+/m0/s1. The second-order valence-electron chi connectivity index (χ2n) is 6.85. The Morgan fingerprint density at radius 2 is 2.18 bits per heavy atom. The van der Waals surface area contributed by atoms with Gasteiger partial charge in [0.15, 0.2) is 0 Å². The third-order valence-electron chi connectivity index (χ3n) is 5.07. The topological polar surface area (TPSA) is 95.9 Å². The highest BCUT2D eigenvalue weighted by molar-refractivity contribution is 5.91. The van der Waals surface area contributed by atoms with Gasteiger partial charge in [-0.15, -0.1) is 0 Å². The highest BCUT2D eigenvalue weighted by atomic mass is 16.6. The predicted octanol–water partition coefficient (Wildman–Crippen LogP) is 1.12. The molecule has 2 spiro atoms. The second-order valence-corrected chi connectivity index (χ2v) is 6.85. The summed E-state index contributed by atoms with van der Waals surface area (Å²) in [6, 6.07) is -0.978. The third-order valence-corrected chi connectivity index (χ3v) is 5.07. The molecule has 122 valence electrons. The van der Waals surface area contributed by atoms with Crippen molar-refractivity contribution in [1.82, 2.24) is 10.2 Å². The van der Waals surface area contributed by atoms with Crippen LogP contribution in [0.4, 0.5) is 4.79 Å². The number of hydrogen-bond donors (Lipinski definition) is 2. The Balaban J connectivity index is 1.74. The van der Waals surface area contributed by atoms with E-state index in [2.05, 4.69) is 5.32 Å². The maximum atomic E-state index is 12.4. The van der Waals surface area contributed by atoms with Gasteiger partial charge in [-0.25, -0.2) is 9.59 Å². The summed E-state index contributed by atoms with van der Waals surface area (Å²) in [7, 11) is 0. The van der Waals surface area contributed by atoms with Gasteiger partial charge in [0, 0.05) is 12.1 Å². The lowest BCUT2D eigenvalue weighted by Gasteiger charge is -2.22. The van der Waals surface area contributed by atoms with Gasteiger partial charge >= 0.3 is 12.1 Å². The maximum absolute atomic E-state index is 12.4. The van der Waals surface area contributed by atoms with Gasteiger partial charge < -0.3 is 15.2 Å². The number of carbonyl (C=O) groups is 3. The molecule has 0 radical (unpaired) electrons. The number of ether oxygens (including phenoxy) is 1. The summed E-state index contributed by atoms with van der Waals surface area (Å²) >= 11 is 0. The number of nitrogens with zero attached hydrogens (tertiary/aromatic N) is 1. The first-order valence-electron chi connectivity index (χ1n) is 7.90. The van der Waals surface area contributed by atoms with Crippen LogP contribution in [0.15, 0.2) is 0 Å². The van der Waals surface area contributed by atoms with E-state index in [1.54, 1.807) is 0 Å². The van der Waals surface area contributed by atoms with Crippen LogP contribution in [-0.2, 0) is 14.3 Å². The molecule has 0 aromatic heterocycles. The molecule has 0 aromatic carbocycles. The molecular weight excluding hydrogens is 288 g/mol. The zero-order valence-corrected chi connectivity index (χ0v) is 12.8. The molecule has 2 atom stereocenters. The molecule has 0 unspecified atom stereocenters.